The number of aliphatic carboxylic acids is 1. The van der Waals surface area contributed by atoms with Gasteiger partial charge in [-0.15, -0.1) is 0 Å². The van der Waals surface area contributed by atoms with E-state index in [4.69, 9.17) is 35.0 Å². The predicted molar refractivity (Wildman–Crippen MR) is 235 cm³/mol. The van der Waals surface area contributed by atoms with Crippen molar-refractivity contribution in [2.75, 3.05) is 155 Å². The first-order chi connectivity index (χ1) is 28.0. The number of carbonyl (C=O) groups is 3. The number of aryl methyl sites for hydroxylation is 1. The molecule has 370 valence electrons. The lowest BCUT2D eigenvalue weighted by Gasteiger charge is -2.29. The first-order valence-electron chi connectivity index (χ1n) is 19.6. The quantitative estimate of drug-likeness (QED) is 0.0516. The molecule has 6 N–H and O–H groups in total. The summed E-state index contributed by atoms with van der Waals surface area (Å²) in [5.74, 6) is -0.497. The van der Waals surface area contributed by atoms with Crippen molar-refractivity contribution in [1.29, 1.82) is 0 Å². The number of amides is 1. The van der Waals surface area contributed by atoms with Gasteiger partial charge in [-0.2, -0.15) is 8.42 Å². The Bertz CT molecular complexity index is 1390. The number of quaternary nitrogens is 2. The van der Waals surface area contributed by atoms with E-state index in [9.17, 15) is 27.9 Å². The summed E-state index contributed by atoms with van der Waals surface area (Å²) < 4.78 is 37.3. The Labute approximate surface area is 383 Å². The number of benzene rings is 1. The van der Waals surface area contributed by atoms with Crippen molar-refractivity contribution < 1.29 is 93.0 Å². The van der Waals surface area contributed by atoms with Crippen molar-refractivity contribution in [3.05, 3.63) is 29.8 Å². The number of aliphatic hydroxyl groups is 5. The van der Waals surface area contributed by atoms with Crippen molar-refractivity contribution in [3.8, 4) is 0 Å². The van der Waals surface area contributed by atoms with Crippen molar-refractivity contribution in [1.82, 2.24) is 15.1 Å². The van der Waals surface area contributed by atoms with Gasteiger partial charge in [0.15, 0.2) is 12.4 Å². The second-order valence-corrected chi connectivity index (χ2v) is 17.5. The molecule has 0 fully saturated rings. The smallest absolute Gasteiger partial charge is 0.362 e. The largest absolute Gasteiger partial charge is 1.00 e. The molecule has 62 heavy (non-hydrogen) atoms. The van der Waals surface area contributed by atoms with Crippen LogP contribution in [0.2, 0.25) is 0 Å². The number of hydrogen-bond donors (Lipinski definition) is 6. The number of carboxylic acids is 1. The van der Waals surface area contributed by atoms with Crippen LogP contribution in [-0.2, 0) is 38.2 Å². The van der Waals surface area contributed by atoms with Gasteiger partial charge in [-0.1, -0.05) is 17.7 Å². The zero-order chi connectivity index (χ0) is 48.9. The Morgan fingerprint density at radius 3 is 1.55 bits per heavy atom. The molecule has 0 spiro atoms. The molecule has 1 aromatic carbocycles. The minimum absolute atomic E-state index is 0. The molecule has 22 heteroatoms. The lowest BCUT2D eigenvalue weighted by Crippen LogP contribution is -3.00. The molecule has 0 saturated heterocycles. The SMILES string of the molecule is CC(=O)N(C)CCO.CC(C)(C)OC(=O)C[N+](C)(C)CCO.CC1=NCCO1.CN(C)CCO.CNCCO.COS(=O)(=O)c1ccc(C)cc1.C[N+](C)(CCO)CC(=O)[O-].[Br-]. The van der Waals surface area contributed by atoms with Crippen LogP contribution in [0.5, 0.6) is 0 Å². The zero-order valence-corrected chi connectivity index (χ0v) is 42.5. The number of likely N-dealkylation sites (N-methyl/N-ethyl adjacent to an activating group) is 5. The fraction of sp³-hybridized carbons (Fsp3) is 0.750. The molecule has 0 aromatic heterocycles. The van der Waals surface area contributed by atoms with Crippen LogP contribution in [0.4, 0.5) is 0 Å². The Kier molecular flexibility index (Phi) is 46.7. The number of rotatable bonds is 16. The summed E-state index contributed by atoms with van der Waals surface area (Å²) in [5, 5.41) is 54.6. The van der Waals surface area contributed by atoms with Gasteiger partial charge in [-0.05, 0) is 61.0 Å². The fourth-order valence-electron chi connectivity index (χ4n) is 3.63. The highest BCUT2D eigenvalue weighted by Gasteiger charge is 2.24. The number of aliphatic hydroxyl groups excluding tert-OH is 5. The number of carbonyl (C=O) groups excluding carboxylic acids is 3. The van der Waals surface area contributed by atoms with Crippen LogP contribution in [0.1, 0.15) is 40.2 Å². The molecule has 0 unspecified atom stereocenters. The van der Waals surface area contributed by atoms with E-state index in [0.717, 1.165) is 38.3 Å². The highest BCUT2D eigenvalue weighted by Crippen LogP contribution is 2.12. The van der Waals surface area contributed by atoms with Crippen molar-refractivity contribution >= 4 is 33.9 Å². The van der Waals surface area contributed by atoms with E-state index in [1.54, 1.807) is 40.3 Å². The second-order valence-electron chi connectivity index (χ2n) is 15.7. The third-order valence-electron chi connectivity index (χ3n) is 7.09. The number of nitrogens with zero attached hydrogens (tertiary/aromatic N) is 5. The van der Waals surface area contributed by atoms with E-state index in [1.807, 2.05) is 67.7 Å². The molecular weight excluding hydrogens is 900 g/mol. The topological polar surface area (TPSA) is 268 Å². The number of ether oxygens (including phenoxy) is 2. The summed E-state index contributed by atoms with van der Waals surface area (Å²) >= 11 is 0. The Hall–Kier alpha value is -2.87. The van der Waals surface area contributed by atoms with Crippen molar-refractivity contribution in [2.24, 2.45) is 4.99 Å². The number of halogens is 1. The molecule has 1 aromatic rings. The van der Waals surface area contributed by atoms with E-state index in [-0.39, 0.29) is 84.4 Å². The molecule has 1 amide bonds. The highest BCUT2D eigenvalue weighted by atomic mass is 79.9. The molecule has 1 aliphatic rings. The highest BCUT2D eigenvalue weighted by molar-refractivity contribution is 7.86. The van der Waals surface area contributed by atoms with Crippen molar-refractivity contribution in [2.45, 2.75) is 52.0 Å². The van der Waals surface area contributed by atoms with Gasteiger partial charge in [-0.3, -0.25) is 14.0 Å². The lowest BCUT2D eigenvalue weighted by molar-refractivity contribution is -0.885. The van der Waals surface area contributed by atoms with Crippen LogP contribution in [0.15, 0.2) is 34.2 Å². The van der Waals surface area contributed by atoms with Crippen LogP contribution in [-0.4, -0.2) is 238 Å². The summed E-state index contributed by atoms with van der Waals surface area (Å²) in [7, 11) is 12.2. The number of nitrogens with one attached hydrogen (secondary N) is 1. The van der Waals surface area contributed by atoms with E-state index >= 15 is 0 Å². The fourth-order valence-corrected chi connectivity index (χ4v) is 4.30. The maximum Gasteiger partial charge on any atom is 0.362 e. The molecule has 0 bridgehead atoms. The minimum Gasteiger partial charge on any atom is -1.00 e. The van der Waals surface area contributed by atoms with E-state index in [2.05, 4.69) is 14.5 Å². The van der Waals surface area contributed by atoms with Gasteiger partial charge in [0, 0.05) is 40.5 Å². The molecule has 20 nitrogen and oxygen atoms in total. The molecule has 0 atom stereocenters. The van der Waals surface area contributed by atoms with Gasteiger partial charge >= 0.3 is 5.97 Å². The normalized spacial score (nSPS) is 11.7. The summed E-state index contributed by atoms with van der Waals surface area (Å²) in [6.45, 7) is 16.1. The molecule has 1 heterocycles. The van der Waals surface area contributed by atoms with Gasteiger partial charge in [0.05, 0.1) is 85.7 Å². The van der Waals surface area contributed by atoms with Crippen LogP contribution in [0.25, 0.3) is 0 Å². The van der Waals surface area contributed by atoms with Crippen molar-refractivity contribution in [3.63, 3.8) is 0 Å². The number of carboxylic acid groups (broad SMARTS) is 1. The van der Waals surface area contributed by atoms with Gasteiger partial charge in [0.1, 0.15) is 31.8 Å². The van der Waals surface area contributed by atoms with Crippen LogP contribution < -0.4 is 27.4 Å². The van der Waals surface area contributed by atoms with Crippen LogP contribution in [0, 0.1) is 6.92 Å². The van der Waals surface area contributed by atoms with Gasteiger partial charge < -0.3 is 86.0 Å². The molecule has 0 radical (unpaired) electrons. The molecule has 0 saturated carbocycles. The molecule has 2 rings (SSSR count). The van der Waals surface area contributed by atoms with Gasteiger partial charge in [-0.25, -0.2) is 4.79 Å². The zero-order valence-electron chi connectivity index (χ0n) is 40.1. The van der Waals surface area contributed by atoms with Crippen LogP contribution >= 0.6 is 0 Å². The first-order valence-corrected chi connectivity index (χ1v) is 21.0. The van der Waals surface area contributed by atoms with Gasteiger partial charge in [0.2, 0.25) is 5.91 Å². The molecule has 0 aliphatic carbocycles. The molecular formula is C40H83BrN6O14S. The first kappa shape index (κ1) is 70.8. The number of aliphatic imine (C=N–C) groups is 1. The summed E-state index contributed by atoms with van der Waals surface area (Å²) in [6.07, 6.45) is 0. The summed E-state index contributed by atoms with van der Waals surface area (Å²) in [5.41, 5.74) is 0.584. The third-order valence-corrected chi connectivity index (χ3v) is 8.38. The maximum absolute atomic E-state index is 11.4. The van der Waals surface area contributed by atoms with Crippen LogP contribution in [0.3, 0.4) is 0 Å². The average Bonchev–Trinajstić information content (AvgIpc) is 3.59. The lowest BCUT2D eigenvalue weighted by atomic mass is 10.2. The maximum atomic E-state index is 11.4. The monoisotopic (exact) mass is 982 g/mol. The number of hydrogen-bond acceptors (Lipinski definition) is 17. The Morgan fingerprint density at radius 2 is 1.32 bits per heavy atom. The standard InChI is InChI=1S/C10H22NO3.C8H10O3S.C6H13NO3.C5H11NO2.C4H7NO.C4H11NO.C3H9NO.BrH/c1-10(2,3)14-9(13)8-11(4,5)6-7-12;1-7-3-5-8(6-4-7)12(9,10)11-2;1-7(2,3-4-8)5-6(9)10;1-5(8)6(2)3-4-7;1-4-5-2-3-6-4;1-5(2)3-4-6;1-4-2-3-5;/h12H,6-8H2,1-5H3;3-6H,1-2H3;8H,3-5H2,1-2H3;7H,3-4H2,1-2H3;2-3H2,1H3;6H,3-4H2,1-2H3;4-5H,2-3H2,1H3;1H/q+1;;;;;;;/p-1. The van der Waals surface area contributed by atoms with Gasteiger partial charge in [0.25, 0.3) is 10.1 Å². The molecule has 1 aliphatic heterocycles. The Balaban J connectivity index is -0.000000151. The van der Waals surface area contributed by atoms with E-state index < -0.39 is 21.7 Å². The second kappa shape index (κ2) is 40.9. The Morgan fingerprint density at radius 1 is 0.855 bits per heavy atom. The van der Waals surface area contributed by atoms with E-state index in [1.165, 1.54) is 24.0 Å². The minimum atomic E-state index is -3.51. The third kappa shape index (κ3) is 53.3. The summed E-state index contributed by atoms with van der Waals surface area (Å²) in [6, 6.07) is 6.50. The van der Waals surface area contributed by atoms with E-state index in [0.29, 0.717) is 30.7 Å². The number of esters is 1. The summed E-state index contributed by atoms with van der Waals surface area (Å²) in [4.78, 5) is 39.4. The predicted octanol–water partition coefficient (Wildman–Crippen LogP) is -4.83. The average molecular weight is 984 g/mol.